The van der Waals surface area contributed by atoms with E-state index >= 15 is 0 Å². The van der Waals surface area contributed by atoms with E-state index in [9.17, 15) is 14.2 Å². The van der Waals surface area contributed by atoms with Gasteiger partial charge in [0.05, 0.1) is 0 Å². The largest absolute Gasteiger partial charge is 0.481 e. The Bertz CT molecular complexity index is 264. The number of hydrogen-bond donors (Lipinski definition) is 3. The van der Waals surface area contributed by atoms with Crippen LogP contribution in [0, 0.1) is 0 Å². The van der Waals surface area contributed by atoms with E-state index in [-0.39, 0.29) is 0 Å². The highest BCUT2D eigenvalue weighted by Gasteiger charge is 2.35. The molecule has 0 aromatic rings. The summed E-state index contributed by atoms with van der Waals surface area (Å²) in [6.45, 7) is 2.07. The molecule has 0 aliphatic carbocycles. The minimum atomic E-state index is -4.33. The highest BCUT2D eigenvalue weighted by molar-refractivity contribution is 7.54. The van der Waals surface area contributed by atoms with Gasteiger partial charge >= 0.3 is 13.6 Å². The highest BCUT2D eigenvalue weighted by atomic mass is 31.2. The predicted molar refractivity (Wildman–Crippen MR) is 41.8 cm³/mol. The van der Waals surface area contributed by atoms with Crippen molar-refractivity contribution < 1.29 is 28.8 Å². The summed E-state index contributed by atoms with van der Waals surface area (Å²) < 4.78 is 15.0. The number of aliphatic carboxylic acids is 1. The van der Waals surface area contributed by atoms with Crippen LogP contribution in [-0.2, 0) is 18.8 Å². The van der Waals surface area contributed by atoms with E-state index in [1.54, 1.807) is 5.48 Å². The molecule has 0 aromatic carbocycles. The Morgan fingerprint density at radius 1 is 1.54 bits per heavy atom. The zero-order chi connectivity index (χ0) is 10.6. The number of nitrogens with one attached hydrogen (secondary N) is 1. The van der Waals surface area contributed by atoms with Gasteiger partial charge in [-0.05, 0) is 6.92 Å². The molecular weight excluding hydrogens is 201 g/mol. The quantitative estimate of drug-likeness (QED) is 0.435. The molecule has 0 saturated heterocycles. The smallest absolute Gasteiger partial charge is 0.363 e. The zero-order valence-corrected chi connectivity index (χ0v) is 7.95. The second kappa shape index (κ2) is 4.36. The highest BCUT2D eigenvalue weighted by Crippen LogP contribution is 2.46. The molecular formula is C5H10NO6P. The van der Waals surface area contributed by atoms with Crippen LogP contribution in [0.25, 0.3) is 0 Å². The topological polar surface area (TPSA) is 113 Å². The Morgan fingerprint density at radius 2 is 2.00 bits per heavy atom. The first-order valence-corrected chi connectivity index (χ1v) is 4.92. The molecule has 0 aromatic heterocycles. The number of hydroxylamine groups is 1. The van der Waals surface area contributed by atoms with Crippen LogP contribution in [-0.4, -0.2) is 27.5 Å². The predicted octanol–water partition coefficient (Wildman–Crippen LogP) is -0.287. The Morgan fingerprint density at radius 3 is 2.31 bits per heavy atom. The third-order valence-electron chi connectivity index (χ3n) is 1.17. The molecule has 0 spiro atoms. The van der Waals surface area contributed by atoms with Crippen molar-refractivity contribution in [3.63, 3.8) is 0 Å². The van der Waals surface area contributed by atoms with E-state index in [1.807, 2.05) is 0 Å². The molecule has 0 heterocycles. The average Bonchev–Trinajstić information content (AvgIpc) is 1.99. The van der Waals surface area contributed by atoms with Crippen molar-refractivity contribution in [2.24, 2.45) is 0 Å². The summed E-state index contributed by atoms with van der Waals surface area (Å²) in [7, 11) is -4.33. The second-order valence-electron chi connectivity index (χ2n) is 2.33. The Balaban J connectivity index is 4.31. The normalized spacial score (nSPS) is 17.2. The van der Waals surface area contributed by atoms with E-state index in [2.05, 4.69) is 4.62 Å². The van der Waals surface area contributed by atoms with E-state index in [0.29, 0.717) is 0 Å². The van der Waals surface area contributed by atoms with Gasteiger partial charge in [-0.3, -0.25) is 14.2 Å². The third-order valence-corrected chi connectivity index (χ3v) is 2.72. The lowest BCUT2D eigenvalue weighted by atomic mass is 10.5. The Labute approximate surface area is 74.2 Å². The maximum Gasteiger partial charge on any atom is 0.363 e. The molecule has 1 amide bonds. The van der Waals surface area contributed by atoms with Crippen molar-refractivity contribution >= 4 is 19.5 Å². The first kappa shape index (κ1) is 12.1. The number of rotatable bonds is 4. The average molecular weight is 211 g/mol. The summed E-state index contributed by atoms with van der Waals surface area (Å²) in [5.41, 5.74) is 0.0223. The first-order chi connectivity index (χ1) is 5.77. The minimum absolute atomic E-state index is 0.688. The number of amides is 1. The lowest BCUT2D eigenvalue weighted by Gasteiger charge is -2.14. The van der Waals surface area contributed by atoms with Crippen LogP contribution in [0.15, 0.2) is 0 Å². The number of carboxylic acid groups (broad SMARTS) is 1. The SMILES string of the molecule is CC(=O)NOP(=O)(O)C(C)C(=O)O. The summed E-state index contributed by atoms with van der Waals surface area (Å²) >= 11 is 0. The lowest BCUT2D eigenvalue weighted by molar-refractivity contribution is -0.137. The van der Waals surface area contributed by atoms with Crippen LogP contribution in [0.5, 0.6) is 0 Å². The fourth-order valence-corrected chi connectivity index (χ4v) is 1.04. The molecule has 2 atom stereocenters. The van der Waals surface area contributed by atoms with Gasteiger partial charge in [-0.25, -0.2) is 5.48 Å². The molecule has 7 nitrogen and oxygen atoms in total. The molecule has 76 valence electrons. The molecule has 0 radical (unpaired) electrons. The van der Waals surface area contributed by atoms with Gasteiger partial charge in [-0.15, -0.1) is 0 Å². The van der Waals surface area contributed by atoms with Crippen LogP contribution in [0.3, 0.4) is 0 Å². The number of carbonyl (C=O) groups is 2. The summed E-state index contributed by atoms with van der Waals surface area (Å²) in [5, 5.41) is 8.36. The van der Waals surface area contributed by atoms with Crippen molar-refractivity contribution in [1.29, 1.82) is 0 Å². The molecule has 0 aliphatic heterocycles. The van der Waals surface area contributed by atoms with Gasteiger partial charge < -0.3 is 10.00 Å². The molecule has 0 rings (SSSR count). The van der Waals surface area contributed by atoms with Crippen LogP contribution < -0.4 is 5.48 Å². The van der Waals surface area contributed by atoms with Crippen molar-refractivity contribution in [3.8, 4) is 0 Å². The molecule has 8 heteroatoms. The molecule has 0 fully saturated rings. The monoisotopic (exact) mass is 211 g/mol. The van der Waals surface area contributed by atoms with Crippen molar-refractivity contribution in [2.75, 3.05) is 0 Å². The van der Waals surface area contributed by atoms with Gasteiger partial charge in [0.15, 0.2) is 5.66 Å². The summed E-state index contributed by atoms with van der Waals surface area (Å²) in [6.07, 6.45) is 0. The molecule has 13 heavy (non-hydrogen) atoms. The summed E-state index contributed by atoms with van der Waals surface area (Å²) in [6, 6.07) is 0. The van der Waals surface area contributed by atoms with E-state index in [0.717, 1.165) is 13.8 Å². The number of hydrogen-bond acceptors (Lipinski definition) is 4. The van der Waals surface area contributed by atoms with Crippen LogP contribution in [0.1, 0.15) is 13.8 Å². The van der Waals surface area contributed by atoms with Gasteiger partial charge in [0, 0.05) is 6.92 Å². The van der Waals surface area contributed by atoms with Gasteiger partial charge in [0.1, 0.15) is 0 Å². The maximum absolute atomic E-state index is 11.0. The first-order valence-electron chi connectivity index (χ1n) is 3.28. The van der Waals surface area contributed by atoms with E-state index in [4.69, 9.17) is 10.00 Å². The number of carbonyl (C=O) groups excluding carboxylic acids is 1. The summed E-state index contributed by atoms with van der Waals surface area (Å²) in [4.78, 5) is 29.5. The summed E-state index contributed by atoms with van der Waals surface area (Å²) in [5.74, 6) is -2.16. The maximum atomic E-state index is 11.0. The van der Waals surface area contributed by atoms with Crippen molar-refractivity contribution in [3.05, 3.63) is 0 Å². The van der Waals surface area contributed by atoms with Crippen LogP contribution in [0.4, 0.5) is 0 Å². The van der Waals surface area contributed by atoms with Crippen LogP contribution in [0.2, 0.25) is 0 Å². The fourth-order valence-electron chi connectivity index (χ4n) is 0.348. The van der Waals surface area contributed by atoms with Crippen molar-refractivity contribution in [2.45, 2.75) is 19.5 Å². The van der Waals surface area contributed by atoms with Gasteiger partial charge in [-0.1, -0.05) is 0 Å². The van der Waals surface area contributed by atoms with Gasteiger partial charge in [0.25, 0.3) is 0 Å². The lowest BCUT2D eigenvalue weighted by Crippen LogP contribution is -2.25. The van der Waals surface area contributed by atoms with Gasteiger partial charge in [-0.2, -0.15) is 4.62 Å². The Kier molecular flexibility index (Phi) is 4.06. The molecule has 0 aliphatic rings. The van der Waals surface area contributed by atoms with Gasteiger partial charge in [0.2, 0.25) is 5.91 Å². The van der Waals surface area contributed by atoms with Crippen LogP contribution >= 0.6 is 7.60 Å². The zero-order valence-electron chi connectivity index (χ0n) is 7.05. The molecule has 0 bridgehead atoms. The second-order valence-corrected chi connectivity index (χ2v) is 4.41. The third kappa shape index (κ3) is 4.02. The van der Waals surface area contributed by atoms with Crippen molar-refractivity contribution in [1.82, 2.24) is 5.48 Å². The standard InChI is InChI=1S/C5H10NO6P/c1-3(5(8)9)13(10,11)12-6-4(2)7/h3H,1-2H3,(H,6,7)(H,8,9)(H,10,11). The van der Waals surface area contributed by atoms with E-state index in [1.165, 1.54) is 0 Å². The number of carboxylic acids is 1. The Hall–Kier alpha value is -0.910. The molecule has 0 saturated carbocycles. The minimum Gasteiger partial charge on any atom is -0.481 e. The van der Waals surface area contributed by atoms with E-state index < -0.39 is 25.1 Å². The fraction of sp³-hybridized carbons (Fsp3) is 0.600. The molecule has 2 unspecified atom stereocenters. The molecule has 3 N–H and O–H groups in total.